The fourth-order valence-electron chi connectivity index (χ4n) is 2.32. The number of nitrogens with one attached hydrogen (secondary N) is 2. The second-order valence-corrected chi connectivity index (χ2v) is 5.33. The number of hydrogen-bond donors (Lipinski definition) is 2. The lowest BCUT2D eigenvalue weighted by molar-refractivity contribution is -0.384. The van der Waals surface area contributed by atoms with E-state index in [2.05, 4.69) is 15.4 Å². The molecule has 1 aliphatic rings. The lowest BCUT2D eigenvalue weighted by Gasteiger charge is -2.17. The van der Waals surface area contributed by atoms with Gasteiger partial charge in [0.2, 0.25) is 5.91 Å². The SMILES string of the molecule is COC(=O)C1C/C=C/CCC(=O)Nc2cc([N+](=O)[O-])ccc2C(=O)N1. The first-order valence-corrected chi connectivity index (χ1v) is 7.54. The van der Waals surface area contributed by atoms with Crippen LogP contribution < -0.4 is 10.6 Å². The molecule has 9 heteroatoms. The summed E-state index contributed by atoms with van der Waals surface area (Å²) in [6.45, 7) is 0. The minimum atomic E-state index is -0.896. The molecule has 1 atom stereocenters. The highest BCUT2D eigenvalue weighted by Gasteiger charge is 2.24. The van der Waals surface area contributed by atoms with Gasteiger partial charge in [-0.25, -0.2) is 4.79 Å². The van der Waals surface area contributed by atoms with Gasteiger partial charge in [0.25, 0.3) is 11.6 Å². The first kappa shape index (κ1) is 18.1. The molecule has 0 radical (unpaired) electrons. The zero-order valence-electron chi connectivity index (χ0n) is 13.5. The predicted molar refractivity (Wildman–Crippen MR) is 88.0 cm³/mol. The summed E-state index contributed by atoms with van der Waals surface area (Å²) in [6, 6.07) is 2.61. The molecule has 0 aromatic heterocycles. The third-order valence-corrected chi connectivity index (χ3v) is 3.60. The standard InChI is InChI=1S/C16H17N3O6/c1-25-16(22)12-5-3-2-4-6-14(20)17-13-9-10(19(23)24)7-8-11(13)15(21)18-12/h2-3,7-9,12H,4-6H2,1H3,(H,17,20)(H,18,21)/b3-2+. The molecular formula is C16H17N3O6. The lowest BCUT2D eigenvalue weighted by atomic mass is 10.1. The lowest BCUT2D eigenvalue weighted by Crippen LogP contribution is -2.41. The molecule has 1 unspecified atom stereocenters. The normalized spacial score (nSPS) is 19.3. The molecule has 0 spiro atoms. The summed E-state index contributed by atoms with van der Waals surface area (Å²) < 4.78 is 4.67. The fourth-order valence-corrected chi connectivity index (χ4v) is 2.32. The number of carbonyl (C=O) groups excluding carboxylic acids is 3. The molecule has 2 N–H and O–H groups in total. The van der Waals surface area contributed by atoms with Crippen molar-refractivity contribution in [2.75, 3.05) is 12.4 Å². The van der Waals surface area contributed by atoms with Crippen LogP contribution in [0.5, 0.6) is 0 Å². The number of non-ortho nitro benzene ring substituents is 1. The molecule has 1 aliphatic heterocycles. The minimum Gasteiger partial charge on any atom is -0.467 e. The van der Waals surface area contributed by atoms with Crippen LogP contribution in [0, 0.1) is 10.1 Å². The van der Waals surface area contributed by atoms with Gasteiger partial charge in [-0.1, -0.05) is 12.2 Å². The molecule has 2 amide bonds. The summed E-state index contributed by atoms with van der Waals surface area (Å²) in [6.07, 6.45) is 4.19. The average Bonchev–Trinajstić information content (AvgIpc) is 2.58. The zero-order valence-corrected chi connectivity index (χ0v) is 13.5. The second-order valence-electron chi connectivity index (χ2n) is 5.33. The van der Waals surface area contributed by atoms with Gasteiger partial charge >= 0.3 is 5.97 Å². The van der Waals surface area contributed by atoms with E-state index in [4.69, 9.17) is 0 Å². The van der Waals surface area contributed by atoms with Gasteiger partial charge in [-0.2, -0.15) is 0 Å². The van der Waals surface area contributed by atoms with Crippen LogP contribution in [0.3, 0.4) is 0 Å². The predicted octanol–water partition coefficient (Wildman–Crippen LogP) is 1.54. The number of rotatable bonds is 2. The number of ether oxygens (including phenoxy) is 1. The molecule has 0 saturated carbocycles. The molecule has 0 fully saturated rings. The summed E-state index contributed by atoms with van der Waals surface area (Å²) >= 11 is 0. The molecule has 132 valence electrons. The van der Waals surface area contributed by atoms with Gasteiger partial charge in [0, 0.05) is 18.6 Å². The molecule has 25 heavy (non-hydrogen) atoms. The number of allylic oxidation sites excluding steroid dienone is 1. The van der Waals surface area contributed by atoms with E-state index in [-0.39, 0.29) is 35.7 Å². The molecule has 1 aromatic rings. The third kappa shape index (κ3) is 4.63. The Morgan fingerprint density at radius 1 is 1.32 bits per heavy atom. The van der Waals surface area contributed by atoms with Crippen molar-refractivity contribution in [3.63, 3.8) is 0 Å². The Bertz CT molecular complexity index is 743. The van der Waals surface area contributed by atoms with Gasteiger partial charge in [-0.3, -0.25) is 19.7 Å². The van der Waals surface area contributed by atoms with Gasteiger partial charge in [0.05, 0.1) is 23.3 Å². The quantitative estimate of drug-likeness (QED) is 0.361. The van der Waals surface area contributed by atoms with Crippen molar-refractivity contribution in [1.82, 2.24) is 5.32 Å². The number of nitro groups is 1. The van der Waals surface area contributed by atoms with Crippen LogP contribution in [0.15, 0.2) is 30.4 Å². The van der Waals surface area contributed by atoms with Crippen LogP contribution in [0.25, 0.3) is 0 Å². The number of methoxy groups -OCH3 is 1. The number of nitrogens with zero attached hydrogens (tertiary/aromatic N) is 1. The van der Waals surface area contributed by atoms with Crippen molar-refractivity contribution >= 4 is 29.2 Å². The maximum Gasteiger partial charge on any atom is 0.328 e. The van der Waals surface area contributed by atoms with Gasteiger partial charge in [-0.15, -0.1) is 0 Å². The molecule has 0 saturated heterocycles. The highest BCUT2D eigenvalue weighted by atomic mass is 16.6. The Labute approximate surface area is 143 Å². The van der Waals surface area contributed by atoms with Crippen molar-refractivity contribution in [3.05, 3.63) is 46.0 Å². The first-order chi connectivity index (χ1) is 11.9. The van der Waals surface area contributed by atoms with Crippen LogP contribution in [0.2, 0.25) is 0 Å². The number of anilines is 1. The van der Waals surface area contributed by atoms with Crippen molar-refractivity contribution in [2.45, 2.75) is 25.3 Å². The Morgan fingerprint density at radius 3 is 2.76 bits per heavy atom. The van der Waals surface area contributed by atoms with Crippen molar-refractivity contribution in [1.29, 1.82) is 0 Å². The van der Waals surface area contributed by atoms with Crippen molar-refractivity contribution in [3.8, 4) is 0 Å². The molecule has 0 aliphatic carbocycles. The summed E-state index contributed by atoms with van der Waals surface area (Å²) in [5.74, 6) is -1.62. The highest BCUT2D eigenvalue weighted by molar-refractivity contribution is 6.05. The maximum atomic E-state index is 12.5. The molecule has 0 bridgehead atoms. The monoisotopic (exact) mass is 347 g/mol. The maximum absolute atomic E-state index is 12.5. The van der Waals surface area contributed by atoms with Crippen LogP contribution in [0.4, 0.5) is 11.4 Å². The van der Waals surface area contributed by atoms with Crippen molar-refractivity contribution in [2.24, 2.45) is 0 Å². The third-order valence-electron chi connectivity index (χ3n) is 3.60. The van der Waals surface area contributed by atoms with Crippen LogP contribution in [0.1, 0.15) is 29.6 Å². The summed E-state index contributed by atoms with van der Waals surface area (Å²) in [4.78, 5) is 46.5. The fraction of sp³-hybridized carbons (Fsp3) is 0.312. The topological polar surface area (TPSA) is 128 Å². The van der Waals surface area contributed by atoms with Crippen LogP contribution in [-0.2, 0) is 14.3 Å². The summed E-state index contributed by atoms with van der Waals surface area (Å²) in [5, 5.41) is 16.0. The van der Waals surface area contributed by atoms with Gasteiger partial charge in [0.15, 0.2) is 0 Å². The van der Waals surface area contributed by atoms with Gasteiger partial charge in [-0.05, 0) is 18.9 Å². The Balaban J connectivity index is 2.41. The summed E-state index contributed by atoms with van der Waals surface area (Å²) in [5.41, 5.74) is -0.217. The molecule has 9 nitrogen and oxygen atoms in total. The van der Waals surface area contributed by atoms with E-state index < -0.39 is 22.8 Å². The molecule has 1 aromatic carbocycles. The number of esters is 1. The largest absolute Gasteiger partial charge is 0.467 e. The number of hydrogen-bond acceptors (Lipinski definition) is 6. The Morgan fingerprint density at radius 2 is 2.08 bits per heavy atom. The highest BCUT2D eigenvalue weighted by Crippen LogP contribution is 2.23. The number of carbonyl (C=O) groups is 3. The molecule has 2 rings (SSSR count). The Hall–Kier alpha value is -3.23. The first-order valence-electron chi connectivity index (χ1n) is 7.54. The van der Waals surface area contributed by atoms with E-state index in [1.165, 1.54) is 13.2 Å². The van der Waals surface area contributed by atoms with Crippen LogP contribution >= 0.6 is 0 Å². The number of benzene rings is 1. The number of nitro benzene ring substituents is 1. The van der Waals surface area contributed by atoms with Gasteiger partial charge in [0.1, 0.15) is 6.04 Å². The number of fused-ring (bicyclic) bond motifs is 1. The van der Waals surface area contributed by atoms with E-state index in [1.54, 1.807) is 12.2 Å². The van der Waals surface area contributed by atoms with Crippen LogP contribution in [-0.4, -0.2) is 35.9 Å². The van der Waals surface area contributed by atoms with E-state index in [0.717, 1.165) is 12.1 Å². The van der Waals surface area contributed by atoms with Crippen molar-refractivity contribution < 1.29 is 24.0 Å². The average molecular weight is 347 g/mol. The minimum absolute atomic E-state index is 0.0184. The second kappa shape index (κ2) is 8.04. The van der Waals surface area contributed by atoms with E-state index in [0.29, 0.717) is 6.42 Å². The van der Waals surface area contributed by atoms with E-state index in [9.17, 15) is 24.5 Å². The zero-order chi connectivity index (χ0) is 18.4. The Kier molecular flexibility index (Phi) is 5.83. The molecule has 1 heterocycles. The molecular weight excluding hydrogens is 330 g/mol. The summed E-state index contributed by atoms with van der Waals surface area (Å²) in [7, 11) is 1.21. The smallest absolute Gasteiger partial charge is 0.328 e. The van der Waals surface area contributed by atoms with Gasteiger partial charge < -0.3 is 15.4 Å². The number of amides is 2. The van der Waals surface area contributed by atoms with E-state index >= 15 is 0 Å². The van der Waals surface area contributed by atoms with E-state index in [1.807, 2.05) is 0 Å².